The minimum absolute atomic E-state index is 0.619. The number of imidazole rings is 1. The molecule has 0 N–H and O–H groups in total. The third-order valence-corrected chi connectivity index (χ3v) is 2.00. The lowest BCUT2D eigenvalue weighted by Gasteiger charge is -1.92. The van der Waals surface area contributed by atoms with Crippen molar-refractivity contribution < 1.29 is 4.11 Å². The maximum atomic E-state index is 7.27. The molecule has 0 saturated carbocycles. The van der Waals surface area contributed by atoms with E-state index in [0.29, 0.717) is 11.0 Å². The molecule has 3 heteroatoms. The lowest BCUT2D eigenvalue weighted by molar-refractivity contribution is 0.947. The van der Waals surface area contributed by atoms with Crippen molar-refractivity contribution in [3.8, 4) is 0 Å². The number of rotatable bonds is 0. The highest BCUT2D eigenvalue weighted by atomic mass is 79.9. The van der Waals surface area contributed by atoms with Gasteiger partial charge in [0.05, 0.1) is 17.4 Å². The predicted octanol–water partition coefficient (Wildman–Crippen LogP) is 2.34. The first-order valence-corrected chi connectivity index (χ1v) is 3.91. The van der Waals surface area contributed by atoms with Gasteiger partial charge in [-0.2, -0.15) is 0 Å². The fraction of sp³-hybridized carbons (Fsp3) is 0.125. The van der Waals surface area contributed by atoms with Crippen LogP contribution in [0.25, 0.3) is 11.0 Å². The van der Waals surface area contributed by atoms with E-state index < -0.39 is 6.98 Å². The van der Waals surface area contributed by atoms with Gasteiger partial charge in [-0.3, -0.25) is 0 Å². The Morgan fingerprint density at radius 1 is 1.64 bits per heavy atom. The van der Waals surface area contributed by atoms with E-state index in [2.05, 4.69) is 20.9 Å². The zero-order valence-corrected chi connectivity index (χ0v) is 7.17. The number of aryl methyl sites for hydroxylation is 1. The summed E-state index contributed by atoms with van der Waals surface area (Å²) in [7, 11) is 0. The molecule has 0 atom stereocenters. The fourth-order valence-corrected chi connectivity index (χ4v) is 1.33. The summed E-state index contributed by atoms with van der Waals surface area (Å²) in [6, 6.07) is 5.32. The number of nitrogens with zero attached hydrogens (tertiary/aromatic N) is 2. The van der Waals surface area contributed by atoms with Crippen molar-refractivity contribution in [1.29, 1.82) is 0 Å². The number of halogens is 1. The van der Waals surface area contributed by atoms with Crippen LogP contribution in [0.3, 0.4) is 0 Å². The Morgan fingerprint density at radius 2 is 2.55 bits per heavy atom. The smallest absolute Gasteiger partial charge is 0.0955 e. The second-order valence-corrected chi connectivity index (χ2v) is 3.16. The summed E-state index contributed by atoms with van der Waals surface area (Å²) in [4.78, 5) is 4.02. The van der Waals surface area contributed by atoms with Crippen LogP contribution in [0.2, 0.25) is 0 Å². The summed E-state index contributed by atoms with van der Waals surface area (Å²) in [6.45, 7) is -2.16. The summed E-state index contributed by atoms with van der Waals surface area (Å²) in [5.74, 6) is 0. The van der Waals surface area contributed by atoms with Gasteiger partial charge in [0.1, 0.15) is 0 Å². The molecule has 0 aliphatic carbocycles. The summed E-state index contributed by atoms with van der Waals surface area (Å²) in [5.41, 5.74) is 1.30. The van der Waals surface area contributed by atoms with Crippen LogP contribution < -0.4 is 0 Å². The number of aromatic nitrogens is 2. The van der Waals surface area contributed by atoms with Crippen LogP contribution in [0.4, 0.5) is 0 Å². The molecule has 0 aliphatic rings. The van der Waals surface area contributed by atoms with Crippen molar-refractivity contribution in [3.05, 3.63) is 29.0 Å². The Labute approximate surface area is 77.2 Å². The monoisotopic (exact) mass is 213 g/mol. The quantitative estimate of drug-likeness (QED) is 0.658. The second kappa shape index (κ2) is 2.34. The van der Waals surface area contributed by atoms with Crippen LogP contribution in [0.5, 0.6) is 0 Å². The molecule has 0 amide bonds. The lowest BCUT2D eigenvalue weighted by atomic mass is 10.3. The standard InChI is InChI=1S/C8H7BrN2/c1-11-5-10-7-4-6(9)2-3-8(7)11/h2-5H,1H3/i1D3. The molecule has 1 aromatic carbocycles. The van der Waals surface area contributed by atoms with E-state index in [-0.39, 0.29) is 0 Å². The third kappa shape index (κ3) is 1.05. The highest BCUT2D eigenvalue weighted by molar-refractivity contribution is 9.10. The summed E-state index contributed by atoms with van der Waals surface area (Å²) >= 11 is 3.30. The van der Waals surface area contributed by atoms with Crippen LogP contribution in [-0.4, -0.2) is 9.55 Å². The molecule has 1 aromatic heterocycles. The van der Waals surface area contributed by atoms with Gasteiger partial charge in [-0.15, -0.1) is 0 Å². The Balaban J connectivity index is 2.70. The molecule has 2 rings (SSSR count). The molecule has 2 nitrogen and oxygen atoms in total. The fourth-order valence-electron chi connectivity index (χ4n) is 0.986. The maximum Gasteiger partial charge on any atom is 0.0955 e. The minimum Gasteiger partial charge on any atom is -0.334 e. The van der Waals surface area contributed by atoms with Gasteiger partial charge in [0.2, 0.25) is 0 Å². The summed E-state index contributed by atoms with van der Waals surface area (Å²) < 4.78 is 23.9. The largest absolute Gasteiger partial charge is 0.334 e. The van der Waals surface area contributed by atoms with Gasteiger partial charge in [0.15, 0.2) is 0 Å². The second-order valence-electron chi connectivity index (χ2n) is 2.25. The molecule has 11 heavy (non-hydrogen) atoms. The molecule has 0 saturated heterocycles. The summed E-state index contributed by atoms with van der Waals surface area (Å²) in [5, 5.41) is 0. The van der Waals surface area contributed by atoms with Gasteiger partial charge in [-0.1, -0.05) is 15.9 Å². The molecule has 0 unspecified atom stereocenters. The Kier molecular flexibility index (Phi) is 0.906. The van der Waals surface area contributed by atoms with Crippen LogP contribution >= 0.6 is 15.9 Å². The van der Waals surface area contributed by atoms with Gasteiger partial charge < -0.3 is 4.57 Å². The van der Waals surface area contributed by atoms with E-state index in [1.807, 2.05) is 0 Å². The SMILES string of the molecule is [2H]C([2H])([2H])n1cnc2cc(Br)ccc21. The van der Waals surface area contributed by atoms with E-state index >= 15 is 0 Å². The topological polar surface area (TPSA) is 17.8 Å². The molecule has 2 aromatic rings. The highest BCUT2D eigenvalue weighted by Crippen LogP contribution is 2.17. The maximum absolute atomic E-state index is 7.27. The minimum atomic E-state index is -2.16. The molecular formula is C8H7BrN2. The number of hydrogen-bond acceptors (Lipinski definition) is 1. The van der Waals surface area contributed by atoms with Gasteiger partial charge in [-0.05, 0) is 18.2 Å². The zero-order valence-electron chi connectivity index (χ0n) is 8.58. The third-order valence-electron chi connectivity index (χ3n) is 1.51. The first-order valence-electron chi connectivity index (χ1n) is 4.61. The molecule has 0 spiro atoms. The zero-order chi connectivity index (χ0) is 10.3. The van der Waals surface area contributed by atoms with E-state index in [1.165, 1.54) is 10.9 Å². The average molecular weight is 214 g/mol. The van der Waals surface area contributed by atoms with Gasteiger partial charge >= 0.3 is 0 Å². The van der Waals surface area contributed by atoms with Crippen molar-refractivity contribution in [2.75, 3.05) is 0 Å². The van der Waals surface area contributed by atoms with Crippen molar-refractivity contribution in [1.82, 2.24) is 9.55 Å². The number of hydrogen-bond donors (Lipinski definition) is 0. The first-order chi connectivity index (χ1) is 6.48. The Hall–Kier alpha value is -0.830. The summed E-state index contributed by atoms with van der Waals surface area (Å²) in [6.07, 6.45) is 1.34. The Bertz CT molecular complexity index is 475. The predicted molar refractivity (Wildman–Crippen MR) is 48.4 cm³/mol. The highest BCUT2D eigenvalue weighted by Gasteiger charge is 1.97. The molecule has 0 bridgehead atoms. The Morgan fingerprint density at radius 3 is 3.36 bits per heavy atom. The van der Waals surface area contributed by atoms with E-state index in [1.54, 1.807) is 18.2 Å². The molecule has 56 valence electrons. The molecule has 0 radical (unpaired) electrons. The molecule has 0 aliphatic heterocycles. The van der Waals surface area contributed by atoms with E-state index in [9.17, 15) is 0 Å². The van der Waals surface area contributed by atoms with Gasteiger partial charge in [0.25, 0.3) is 0 Å². The van der Waals surface area contributed by atoms with Crippen molar-refractivity contribution in [2.45, 2.75) is 0 Å². The van der Waals surface area contributed by atoms with Crippen molar-refractivity contribution >= 4 is 27.0 Å². The molecule has 1 heterocycles. The normalized spacial score (nSPS) is 15.9. The average Bonchev–Trinajstić information content (AvgIpc) is 2.45. The van der Waals surface area contributed by atoms with Gasteiger partial charge in [-0.25, -0.2) is 4.98 Å². The van der Waals surface area contributed by atoms with Crippen molar-refractivity contribution in [2.24, 2.45) is 6.98 Å². The molecule has 0 fully saturated rings. The van der Waals surface area contributed by atoms with E-state index in [4.69, 9.17) is 4.11 Å². The van der Waals surface area contributed by atoms with E-state index in [0.717, 1.165) is 4.47 Å². The van der Waals surface area contributed by atoms with Crippen LogP contribution in [0.1, 0.15) is 4.11 Å². The van der Waals surface area contributed by atoms with Crippen LogP contribution in [0, 0.1) is 0 Å². The van der Waals surface area contributed by atoms with Crippen molar-refractivity contribution in [3.63, 3.8) is 0 Å². The van der Waals surface area contributed by atoms with Gasteiger partial charge in [0, 0.05) is 15.6 Å². The first kappa shape index (κ1) is 4.26. The number of benzene rings is 1. The van der Waals surface area contributed by atoms with Crippen LogP contribution in [0.15, 0.2) is 29.0 Å². The lowest BCUT2D eigenvalue weighted by Crippen LogP contribution is -1.82. The molecular weight excluding hydrogens is 204 g/mol. The number of fused-ring (bicyclic) bond motifs is 1. The van der Waals surface area contributed by atoms with Crippen LogP contribution in [-0.2, 0) is 6.98 Å².